The van der Waals surface area contributed by atoms with E-state index in [9.17, 15) is 137 Å². The van der Waals surface area contributed by atoms with Crippen LogP contribution in [0.2, 0.25) is 0 Å². The van der Waals surface area contributed by atoms with E-state index in [1.165, 1.54) is 13.8 Å². The molecule has 4 saturated carbocycles. The van der Waals surface area contributed by atoms with E-state index in [0.29, 0.717) is 44.9 Å². The van der Waals surface area contributed by atoms with E-state index in [4.69, 9.17) is 85.3 Å². The summed E-state index contributed by atoms with van der Waals surface area (Å²) < 4.78 is 109. The van der Waals surface area contributed by atoms with E-state index < -0.39 is 384 Å². The third kappa shape index (κ3) is 21.6. The first-order chi connectivity index (χ1) is 64.8. The second-order valence-corrected chi connectivity index (χ2v) is 42.5. The van der Waals surface area contributed by atoms with Gasteiger partial charge in [-0.15, -0.1) is 0 Å². The van der Waals surface area contributed by atoms with E-state index in [0.717, 1.165) is 11.9 Å². The molecule has 138 heavy (non-hydrogen) atoms. The molecule has 52 atom stereocenters. The number of aliphatic hydroxyl groups is 22. The number of allylic oxidation sites excluding steroid dienone is 2. The van der Waals surface area contributed by atoms with Gasteiger partial charge in [-0.3, -0.25) is 14.4 Å². The number of ether oxygens (including phenoxy) is 18. The molecule has 46 heteroatoms. The molecule has 0 amide bonds. The zero-order valence-electron chi connectivity index (χ0n) is 79.6. The molecular formula is C92H148O46. The van der Waals surface area contributed by atoms with Crippen LogP contribution in [0, 0.1) is 62.1 Å². The third-order valence-corrected chi connectivity index (χ3v) is 33.2. The number of aldehydes is 1. The van der Waals surface area contributed by atoms with Crippen molar-refractivity contribution in [2.45, 2.75) is 437 Å². The molecule has 8 aliphatic heterocycles. The van der Waals surface area contributed by atoms with Crippen LogP contribution in [0.15, 0.2) is 11.6 Å². The zero-order valence-corrected chi connectivity index (χ0v) is 79.6. The van der Waals surface area contributed by atoms with Gasteiger partial charge < -0.3 is 208 Å². The second kappa shape index (κ2) is 44.5. The first-order valence-corrected chi connectivity index (χ1v) is 48.4. The lowest BCUT2D eigenvalue weighted by molar-refractivity contribution is -0.391. The molecule has 0 bridgehead atoms. The Morgan fingerprint density at radius 1 is 0.471 bits per heavy atom. The fourth-order valence-electron chi connectivity index (χ4n) is 24.1. The molecule has 13 rings (SSSR count). The standard InChI is InChI=1S/C92H148O46/c1-13-35(3)46(126-54(102)25-40(97)24-47(36(4)14-2)127-82-65(113)60(108)49(30-94)128-82)23-39(96)26-55(103)131-72-56(104)37(5)124-84(75(72)136-81-67(115)62(110)70(38(6)125-81)132-80-69(117)71(45(100)33-123-80)133-78-63(111)57(105)43(98)31-121-78)138-86(120)92-22-21-87(7,8)27-42(92)41-15-16-51-88(9)19-18-53(89(10,34-95)50(88)17-20-90(51,11)91(41,12)28-52(92)101)130-85-76(137-83-66(114)61(109)59(107)48(29-93)129-83)73(68(116)74(135-85)77(118)119)134-79-64(112)58(106)44(99)32-122-79/h15,34-40,42-53,56-76,78-85,93-94,96-101,104-117H,13-14,16-33H2,1-12H3,(H,118,119)/t35-,36-,37+,38-,39-,40-,42-,43+,44+,45+,46-,47-,48+,49-,50+,51+,52+,53-,56-,57-,58-,59-,60-,61-,62-,63+,64+,65+,66+,67+,68-,69+,70-,71-,72-,73-,74-,75+,76+,78-,79-,80-,81-,82+,83-,84-,85+,88-,89-,90+,91+,92+/m0/s1. The van der Waals surface area contributed by atoms with Gasteiger partial charge in [0.1, 0.15) is 158 Å². The van der Waals surface area contributed by atoms with Gasteiger partial charge in [0.15, 0.2) is 62.3 Å². The maximum Gasteiger partial charge on any atom is 0.335 e. The lowest BCUT2D eigenvalue weighted by Crippen LogP contribution is -2.69. The Labute approximate surface area is 797 Å². The average molecular weight is 1990 g/mol. The number of carboxylic acids is 1. The number of carbonyl (C=O) groups is 5. The summed E-state index contributed by atoms with van der Waals surface area (Å²) in [5.41, 5.74) is -5.62. The summed E-state index contributed by atoms with van der Waals surface area (Å²) in [6.07, 6.45) is -70.5. The summed E-state index contributed by atoms with van der Waals surface area (Å²) >= 11 is 0. The maximum atomic E-state index is 16.5. The highest BCUT2D eigenvalue weighted by atomic mass is 16.8. The van der Waals surface area contributed by atoms with Crippen molar-refractivity contribution in [3.05, 3.63) is 11.6 Å². The molecular weight excluding hydrogens is 1840 g/mol. The molecule has 0 unspecified atom stereocenters. The van der Waals surface area contributed by atoms with Gasteiger partial charge in [0.25, 0.3) is 0 Å². The summed E-state index contributed by atoms with van der Waals surface area (Å²) in [4.78, 5) is 72.7. The normalized spacial score (nSPS) is 48.8. The highest BCUT2D eigenvalue weighted by Gasteiger charge is 2.74. The first kappa shape index (κ1) is 111. The van der Waals surface area contributed by atoms with Gasteiger partial charge in [0.05, 0.1) is 94.0 Å². The monoisotopic (exact) mass is 1990 g/mol. The van der Waals surface area contributed by atoms with Crippen molar-refractivity contribution in [1.82, 2.24) is 0 Å². The Balaban J connectivity index is 0.763. The molecule has 13 aliphatic rings. The SMILES string of the molecule is CC[C@H](C)[C@H](C[C@H](O)CC(=O)O[C@H]1[C@@H](O)[C@@H](C)O[C@@H](OC(=O)[C@]23CCC(C)(C)C[C@H]2C2=CC[C@@H]4[C@@]5(C)CC[C@H](O[C@@H]6O[C@H](C(=O)O)[C@@H](O)[C@H](O[C@@H]7OC[C@@H](O)[C@H](O)[C@H]7O)[C@H]6O[C@@H]6O[C@H](CO)[C@H](O)[C@H](O)[C@H]6O)[C@@](C)(C=O)[C@@H]5CC[C@@]4(C)[C@]2(C)C[C@H]3O)[C@@H]1O[C@@H]1O[C@@H](C)[C@H](O[C@@H]2OC[C@@H](O)[C@H](O[C@@H]3OC[C@@H](O)[C@H](O)[C@H]3O)[C@H]2O)[C@@H](O)[C@H]1O)OC(=O)C[C@@H](O)C[C@H](O[C@@H]1O[C@@H](CO)[C@H](O)[C@H]1O)[C@@H](C)CC. The predicted octanol–water partition coefficient (Wildman–Crippen LogP) is -5.69. The topological polar surface area (TPSA) is 717 Å². The van der Waals surface area contributed by atoms with E-state index in [1.807, 2.05) is 27.7 Å². The van der Waals surface area contributed by atoms with Crippen LogP contribution in [0.1, 0.15) is 179 Å². The van der Waals surface area contributed by atoms with Crippen LogP contribution in [0.4, 0.5) is 0 Å². The first-order valence-electron chi connectivity index (χ1n) is 48.4. The Morgan fingerprint density at radius 2 is 0.978 bits per heavy atom. The Kier molecular flexibility index (Phi) is 35.8. The van der Waals surface area contributed by atoms with Crippen molar-refractivity contribution in [2.75, 3.05) is 33.0 Å². The lowest BCUT2D eigenvalue weighted by atomic mass is 9.33. The van der Waals surface area contributed by atoms with Crippen molar-refractivity contribution in [3.63, 3.8) is 0 Å². The van der Waals surface area contributed by atoms with Crippen LogP contribution in [0.3, 0.4) is 0 Å². The number of esters is 3. The second-order valence-electron chi connectivity index (χ2n) is 42.5. The fourth-order valence-corrected chi connectivity index (χ4v) is 24.1. The molecule has 0 aromatic rings. The van der Waals surface area contributed by atoms with Gasteiger partial charge in [-0.2, -0.15) is 0 Å². The molecule has 0 aromatic carbocycles. The molecule has 8 saturated heterocycles. The predicted molar refractivity (Wildman–Crippen MR) is 458 cm³/mol. The van der Waals surface area contributed by atoms with Crippen LogP contribution >= 0.6 is 0 Å². The number of hydrogen-bond donors (Lipinski definition) is 23. The van der Waals surface area contributed by atoms with Crippen LogP contribution in [-0.2, 0) is 109 Å². The maximum absolute atomic E-state index is 16.5. The minimum absolute atomic E-state index is 0.00138. The molecule has 46 nitrogen and oxygen atoms in total. The molecule has 0 radical (unpaired) electrons. The van der Waals surface area contributed by atoms with Crippen LogP contribution in [0.25, 0.3) is 0 Å². The molecule has 5 aliphatic carbocycles. The number of aliphatic hydroxyl groups excluding tert-OH is 22. The van der Waals surface area contributed by atoms with Gasteiger partial charge in [-0.1, -0.05) is 93.7 Å². The minimum Gasteiger partial charge on any atom is -0.479 e. The largest absolute Gasteiger partial charge is 0.479 e. The van der Waals surface area contributed by atoms with Crippen LogP contribution < -0.4 is 0 Å². The summed E-state index contributed by atoms with van der Waals surface area (Å²) in [7, 11) is 0. The van der Waals surface area contributed by atoms with E-state index in [1.54, 1.807) is 27.7 Å². The van der Waals surface area contributed by atoms with Crippen LogP contribution in [-0.4, -0.2) is 439 Å². The van der Waals surface area contributed by atoms with Crippen molar-refractivity contribution >= 4 is 30.2 Å². The van der Waals surface area contributed by atoms with Gasteiger partial charge in [0.2, 0.25) is 6.29 Å². The number of fused-ring (bicyclic) bond motifs is 7. The number of aliphatic carboxylic acids is 1. The van der Waals surface area contributed by atoms with Crippen LogP contribution in [0.5, 0.6) is 0 Å². The average Bonchev–Trinajstić information content (AvgIpc) is 1.09. The highest BCUT2D eigenvalue weighted by molar-refractivity contribution is 5.80. The lowest BCUT2D eigenvalue weighted by Gasteiger charge is -2.71. The summed E-state index contributed by atoms with van der Waals surface area (Å²) in [6.45, 7) is 18.5. The van der Waals surface area contributed by atoms with E-state index in [-0.39, 0.29) is 43.9 Å². The smallest absolute Gasteiger partial charge is 0.335 e. The number of carbonyl (C=O) groups excluding carboxylic acids is 4. The Morgan fingerprint density at radius 3 is 1.57 bits per heavy atom. The summed E-state index contributed by atoms with van der Waals surface area (Å²) in [6, 6.07) is 0. The zero-order chi connectivity index (χ0) is 101. The van der Waals surface area contributed by atoms with Crippen molar-refractivity contribution < 1.29 is 227 Å². The van der Waals surface area contributed by atoms with Gasteiger partial charge in [-0.05, 0) is 123 Å². The molecule has 0 spiro atoms. The quantitative estimate of drug-likeness (QED) is 0.00939. The Bertz CT molecular complexity index is 4080. The number of carboxylic acid groups (broad SMARTS) is 1. The van der Waals surface area contributed by atoms with Crippen molar-refractivity contribution in [1.29, 1.82) is 0 Å². The number of hydrogen-bond acceptors (Lipinski definition) is 45. The molecule has 23 N–H and O–H groups in total. The minimum atomic E-state index is -2.27. The van der Waals surface area contributed by atoms with Crippen molar-refractivity contribution in [2.24, 2.45) is 62.1 Å². The van der Waals surface area contributed by atoms with Gasteiger partial charge in [-0.25, -0.2) is 4.79 Å². The van der Waals surface area contributed by atoms with Gasteiger partial charge >= 0.3 is 23.9 Å². The number of rotatable bonds is 34. The van der Waals surface area contributed by atoms with E-state index in [2.05, 4.69) is 19.9 Å². The third-order valence-electron chi connectivity index (χ3n) is 33.2. The summed E-state index contributed by atoms with van der Waals surface area (Å²) in [5, 5.41) is 256. The fraction of sp³-hybridized carbons (Fsp3) is 0.924. The molecule has 12 fully saturated rings. The molecule has 8 heterocycles. The Hall–Kier alpha value is -4.19. The highest BCUT2D eigenvalue weighted by Crippen LogP contribution is 2.76. The van der Waals surface area contributed by atoms with Gasteiger partial charge in [0, 0.05) is 12.8 Å². The summed E-state index contributed by atoms with van der Waals surface area (Å²) in [5.74, 6) is -7.44. The van der Waals surface area contributed by atoms with E-state index >= 15 is 4.79 Å². The molecule has 792 valence electrons. The van der Waals surface area contributed by atoms with Crippen molar-refractivity contribution in [3.8, 4) is 0 Å². The molecule has 0 aromatic heterocycles.